The molecule has 34 heavy (non-hydrogen) atoms. The molecule has 180 valence electrons. The van der Waals surface area contributed by atoms with Gasteiger partial charge in [-0.25, -0.2) is 13.9 Å². The van der Waals surface area contributed by atoms with Crippen LogP contribution in [0.4, 0.5) is 20.7 Å². The molecule has 0 aliphatic heterocycles. The number of likely N-dealkylation sites (N-methyl/N-ethyl adjacent to an activating group) is 1. The number of rotatable bonds is 7. The Morgan fingerprint density at radius 3 is 2.26 bits per heavy atom. The van der Waals surface area contributed by atoms with E-state index in [4.69, 9.17) is 4.74 Å². The van der Waals surface area contributed by atoms with Crippen LogP contribution in [0.5, 0.6) is 5.75 Å². The van der Waals surface area contributed by atoms with E-state index < -0.39 is 6.03 Å². The average Bonchev–Trinajstić information content (AvgIpc) is 3.22. The van der Waals surface area contributed by atoms with Crippen molar-refractivity contribution >= 4 is 23.4 Å². The molecule has 1 aromatic heterocycles. The summed E-state index contributed by atoms with van der Waals surface area (Å²) in [5.41, 5.74) is 1.70. The van der Waals surface area contributed by atoms with Gasteiger partial charge in [0.1, 0.15) is 23.9 Å². The van der Waals surface area contributed by atoms with Gasteiger partial charge in [0.2, 0.25) is 5.91 Å². The fraction of sp³-hybridized carbons (Fsp3) is 0.320. The van der Waals surface area contributed by atoms with Crippen LogP contribution < -0.4 is 15.4 Å². The summed E-state index contributed by atoms with van der Waals surface area (Å²) in [6.45, 7) is 8.01. The van der Waals surface area contributed by atoms with Crippen LogP contribution in [-0.2, 0) is 10.2 Å². The second kappa shape index (κ2) is 10.4. The van der Waals surface area contributed by atoms with E-state index in [2.05, 4.69) is 15.7 Å². The molecule has 1 heterocycles. The van der Waals surface area contributed by atoms with Crippen molar-refractivity contribution in [1.29, 1.82) is 0 Å². The number of amides is 3. The Morgan fingerprint density at radius 2 is 1.71 bits per heavy atom. The van der Waals surface area contributed by atoms with Gasteiger partial charge in [-0.15, -0.1) is 0 Å². The lowest BCUT2D eigenvalue weighted by Gasteiger charge is -2.21. The Morgan fingerprint density at radius 1 is 1.06 bits per heavy atom. The lowest BCUT2D eigenvalue weighted by Crippen LogP contribution is -2.40. The highest BCUT2D eigenvalue weighted by atomic mass is 19.1. The first-order valence-corrected chi connectivity index (χ1v) is 11.0. The summed E-state index contributed by atoms with van der Waals surface area (Å²) in [7, 11) is 1.57. The van der Waals surface area contributed by atoms with Crippen LogP contribution in [0.15, 0.2) is 54.6 Å². The number of halogens is 1. The van der Waals surface area contributed by atoms with Crippen LogP contribution in [0.25, 0.3) is 5.69 Å². The lowest BCUT2D eigenvalue weighted by molar-refractivity contribution is -0.116. The normalized spacial score (nSPS) is 11.1. The van der Waals surface area contributed by atoms with Crippen molar-refractivity contribution in [1.82, 2.24) is 14.7 Å². The monoisotopic (exact) mass is 467 g/mol. The van der Waals surface area contributed by atoms with E-state index in [-0.39, 0.29) is 23.7 Å². The molecular formula is C25H30FN5O3. The maximum Gasteiger partial charge on any atom is 0.322 e. The number of urea groups is 1. The van der Waals surface area contributed by atoms with E-state index in [1.807, 2.05) is 20.8 Å². The van der Waals surface area contributed by atoms with Crippen molar-refractivity contribution < 1.29 is 18.7 Å². The van der Waals surface area contributed by atoms with Crippen LogP contribution in [0.3, 0.4) is 0 Å². The number of methoxy groups -OCH3 is 1. The number of hydrogen-bond acceptors (Lipinski definition) is 4. The fourth-order valence-corrected chi connectivity index (χ4v) is 3.18. The highest BCUT2D eigenvalue weighted by molar-refractivity contribution is 5.96. The Bertz CT molecular complexity index is 1130. The number of anilines is 2. The Hall–Kier alpha value is -3.88. The van der Waals surface area contributed by atoms with Gasteiger partial charge < -0.3 is 20.3 Å². The first-order valence-electron chi connectivity index (χ1n) is 11.0. The van der Waals surface area contributed by atoms with Gasteiger partial charge in [0.15, 0.2) is 0 Å². The Labute approximate surface area is 198 Å². The van der Waals surface area contributed by atoms with E-state index in [1.165, 1.54) is 17.0 Å². The summed E-state index contributed by atoms with van der Waals surface area (Å²) in [4.78, 5) is 27.0. The number of aromatic nitrogens is 2. The topological polar surface area (TPSA) is 88.5 Å². The number of benzene rings is 2. The van der Waals surface area contributed by atoms with Gasteiger partial charge in [-0.3, -0.25) is 4.79 Å². The van der Waals surface area contributed by atoms with Crippen molar-refractivity contribution in [3.8, 4) is 11.4 Å². The molecule has 3 aromatic rings. The third-order valence-corrected chi connectivity index (χ3v) is 5.16. The predicted molar refractivity (Wildman–Crippen MR) is 130 cm³/mol. The molecule has 0 bridgehead atoms. The van der Waals surface area contributed by atoms with Crippen molar-refractivity contribution in [2.75, 3.05) is 30.8 Å². The van der Waals surface area contributed by atoms with Gasteiger partial charge in [0, 0.05) is 23.7 Å². The van der Waals surface area contributed by atoms with Crippen molar-refractivity contribution in [3.05, 3.63) is 66.1 Å². The summed E-state index contributed by atoms with van der Waals surface area (Å²) in [5, 5.41) is 10.2. The zero-order valence-corrected chi connectivity index (χ0v) is 20.1. The molecule has 0 aliphatic rings. The highest BCUT2D eigenvalue weighted by Gasteiger charge is 2.23. The minimum Gasteiger partial charge on any atom is -0.497 e. The Kier molecular flexibility index (Phi) is 7.55. The fourth-order valence-electron chi connectivity index (χ4n) is 3.18. The number of nitrogens with zero attached hydrogens (tertiary/aromatic N) is 3. The smallest absolute Gasteiger partial charge is 0.322 e. The van der Waals surface area contributed by atoms with Crippen molar-refractivity contribution in [2.24, 2.45) is 0 Å². The second-order valence-electron chi connectivity index (χ2n) is 8.77. The third kappa shape index (κ3) is 6.12. The van der Waals surface area contributed by atoms with Gasteiger partial charge in [-0.1, -0.05) is 20.8 Å². The Balaban J connectivity index is 1.74. The zero-order valence-electron chi connectivity index (χ0n) is 20.1. The molecule has 0 radical (unpaired) electrons. The molecule has 0 saturated carbocycles. The predicted octanol–water partition coefficient (Wildman–Crippen LogP) is 4.81. The van der Waals surface area contributed by atoms with E-state index in [9.17, 15) is 14.0 Å². The largest absolute Gasteiger partial charge is 0.497 e. The number of carbonyl (C=O) groups is 2. The highest BCUT2D eigenvalue weighted by Crippen LogP contribution is 2.26. The van der Waals surface area contributed by atoms with E-state index in [0.29, 0.717) is 29.5 Å². The third-order valence-electron chi connectivity index (χ3n) is 5.16. The lowest BCUT2D eigenvalue weighted by atomic mass is 9.92. The van der Waals surface area contributed by atoms with Crippen LogP contribution in [0.2, 0.25) is 0 Å². The first-order chi connectivity index (χ1) is 16.1. The standard InChI is InChI=1S/C25H30FN5O3/c1-6-30(24(33)27-18-9-13-20(34-5)14-10-18)16-23(32)28-22-15-21(25(2,3)4)29-31(22)19-11-7-17(26)8-12-19/h7-15H,6,16H2,1-5H3,(H,27,33)(H,28,32). The van der Waals surface area contributed by atoms with Crippen LogP contribution in [0.1, 0.15) is 33.4 Å². The van der Waals surface area contributed by atoms with E-state index in [0.717, 1.165) is 5.69 Å². The summed E-state index contributed by atoms with van der Waals surface area (Å²) >= 11 is 0. The number of ether oxygens (including phenoxy) is 1. The molecule has 2 N–H and O–H groups in total. The SMILES string of the molecule is CCN(CC(=O)Nc1cc(C(C)(C)C)nn1-c1ccc(F)cc1)C(=O)Nc1ccc(OC)cc1. The van der Waals surface area contributed by atoms with Crippen molar-refractivity contribution in [2.45, 2.75) is 33.1 Å². The maximum absolute atomic E-state index is 13.4. The minimum absolute atomic E-state index is 0.155. The van der Waals surface area contributed by atoms with Gasteiger partial charge in [0.05, 0.1) is 18.5 Å². The molecule has 3 rings (SSSR count). The summed E-state index contributed by atoms with van der Waals surface area (Å²) in [6, 6.07) is 14.2. The van der Waals surface area contributed by atoms with E-state index in [1.54, 1.807) is 61.2 Å². The maximum atomic E-state index is 13.4. The second-order valence-corrected chi connectivity index (χ2v) is 8.77. The molecule has 0 unspecified atom stereocenters. The number of carbonyl (C=O) groups excluding carboxylic acids is 2. The molecule has 0 aliphatic carbocycles. The molecule has 3 amide bonds. The molecule has 0 fully saturated rings. The molecule has 0 spiro atoms. The van der Waals surface area contributed by atoms with Gasteiger partial charge >= 0.3 is 6.03 Å². The van der Waals surface area contributed by atoms with Crippen LogP contribution in [-0.4, -0.2) is 46.8 Å². The van der Waals surface area contributed by atoms with Crippen molar-refractivity contribution in [3.63, 3.8) is 0 Å². The quantitative estimate of drug-likeness (QED) is 0.522. The molecular weight excluding hydrogens is 437 g/mol. The first kappa shape index (κ1) is 24.8. The molecule has 2 aromatic carbocycles. The number of nitrogens with one attached hydrogen (secondary N) is 2. The summed E-state index contributed by atoms with van der Waals surface area (Å²) in [6.07, 6.45) is 0. The van der Waals surface area contributed by atoms with E-state index >= 15 is 0 Å². The minimum atomic E-state index is -0.398. The van der Waals surface area contributed by atoms with Gasteiger partial charge in [0.25, 0.3) is 0 Å². The number of hydrogen-bond donors (Lipinski definition) is 2. The molecule has 0 saturated heterocycles. The van der Waals surface area contributed by atoms with Gasteiger partial charge in [-0.2, -0.15) is 5.10 Å². The van der Waals surface area contributed by atoms with Gasteiger partial charge in [-0.05, 0) is 55.5 Å². The molecule has 0 atom stereocenters. The van der Waals surface area contributed by atoms with Crippen LogP contribution >= 0.6 is 0 Å². The zero-order chi connectivity index (χ0) is 24.9. The molecule has 8 nitrogen and oxygen atoms in total. The average molecular weight is 468 g/mol. The molecule has 9 heteroatoms. The van der Waals surface area contributed by atoms with Crippen LogP contribution in [0, 0.1) is 5.82 Å². The summed E-state index contributed by atoms with van der Waals surface area (Å²) < 4.78 is 20.1. The summed E-state index contributed by atoms with van der Waals surface area (Å²) in [5.74, 6) is 0.375.